The van der Waals surface area contributed by atoms with Gasteiger partial charge in [-0.15, -0.1) is 0 Å². The maximum Gasteiger partial charge on any atom is 0.319 e. The maximum atomic E-state index is 12.8. The molecule has 0 unspecified atom stereocenters. The van der Waals surface area contributed by atoms with E-state index in [1.807, 2.05) is 47.4 Å². The summed E-state index contributed by atoms with van der Waals surface area (Å²) in [5.41, 5.74) is 3.64. The van der Waals surface area contributed by atoms with Gasteiger partial charge in [-0.05, 0) is 35.7 Å². The lowest BCUT2D eigenvalue weighted by Gasteiger charge is -2.22. The van der Waals surface area contributed by atoms with Crippen LogP contribution in [0.3, 0.4) is 0 Å². The maximum absolute atomic E-state index is 12.8. The molecular weight excluding hydrogens is 678 g/mol. The van der Waals surface area contributed by atoms with Crippen molar-refractivity contribution in [1.82, 2.24) is 30.0 Å². The van der Waals surface area contributed by atoms with Crippen molar-refractivity contribution >= 4 is 34.5 Å². The molecule has 0 saturated carbocycles. The lowest BCUT2D eigenvalue weighted by Crippen LogP contribution is -2.40. The zero-order valence-electron chi connectivity index (χ0n) is 28.6. The predicted molar refractivity (Wildman–Crippen MR) is 195 cm³/mol. The predicted octanol–water partition coefficient (Wildman–Crippen LogP) is 3.94. The molecule has 5 atom stereocenters. The number of anilines is 3. The lowest BCUT2D eigenvalue weighted by molar-refractivity contribution is -0.0431. The van der Waals surface area contributed by atoms with Gasteiger partial charge < -0.3 is 50.0 Å². The van der Waals surface area contributed by atoms with Gasteiger partial charge in [0, 0.05) is 50.1 Å². The van der Waals surface area contributed by atoms with E-state index in [0.717, 1.165) is 11.1 Å². The SMILES string of the molecule is O=C(Nc1cccnc1)N[C@@H]1CCN(c2nc(NCC(c3ccccc3)c3ccccc3)c3ccn([C@@H]4O[C@H](c5cc(CO)no5)[C@@H](O)[C@H]4O)c3n2)C1. The number of urea groups is 1. The van der Waals surface area contributed by atoms with Crippen LogP contribution in [0.15, 0.2) is 108 Å². The van der Waals surface area contributed by atoms with Gasteiger partial charge in [-0.2, -0.15) is 9.97 Å². The molecule has 2 aliphatic rings. The summed E-state index contributed by atoms with van der Waals surface area (Å²) in [7, 11) is 0. The van der Waals surface area contributed by atoms with Crippen LogP contribution >= 0.6 is 0 Å². The van der Waals surface area contributed by atoms with Crippen molar-refractivity contribution in [1.29, 1.82) is 0 Å². The summed E-state index contributed by atoms with van der Waals surface area (Å²) >= 11 is 0. The number of aliphatic hydroxyl groups is 3. The van der Waals surface area contributed by atoms with Crippen molar-refractivity contribution in [2.75, 3.05) is 35.2 Å². The number of fused-ring (bicyclic) bond motifs is 1. The lowest BCUT2D eigenvalue weighted by atomic mass is 9.91. The number of aliphatic hydroxyl groups excluding tert-OH is 3. The number of benzene rings is 2. The number of nitrogens with one attached hydrogen (secondary N) is 3. The van der Waals surface area contributed by atoms with Crippen LogP contribution in [0, 0.1) is 0 Å². The van der Waals surface area contributed by atoms with Crippen molar-refractivity contribution in [2.24, 2.45) is 0 Å². The van der Waals surface area contributed by atoms with E-state index in [9.17, 15) is 20.1 Å². The Balaban J connectivity index is 1.10. The van der Waals surface area contributed by atoms with E-state index in [2.05, 4.69) is 50.4 Å². The van der Waals surface area contributed by atoms with Gasteiger partial charge in [-0.3, -0.25) is 4.98 Å². The van der Waals surface area contributed by atoms with Crippen molar-refractivity contribution in [2.45, 2.75) is 49.5 Å². The average Bonchev–Trinajstić information content (AvgIpc) is 4.00. The fraction of sp³-hybridized carbons (Fsp3) is 0.289. The number of carbonyl (C=O) groups is 1. The first-order valence-electron chi connectivity index (χ1n) is 17.5. The third kappa shape index (κ3) is 7.15. The first-order valence-corrected chi connectivity index (χ1v) is 17.5. The summed E-state index contributed by atoms with van der Waals surface area (Å²) in [6.07, 6.45) is 0.903. The third-order valence-corrected chi connectivity index (χ3v) is 9.70. The molecule has 6 heterocycles. The summed E-state index contributed by atoms with van der Waals surface area (Å²) < 4.78 is 13.2. The van der Waals surface area contributed by atoms with Crippen LogP contribution in [0.2, 0.25) is 0 Å². The van der Waals surface area contributed by atoms with E-state index in [-0.39, 0.29) is 36.1 Å². The van der Waals surface area contributed by atoms with E-state index in [4.69, 9.17) is 19.2 Å². The zero-order chi connectivity index (χ0) is 36.3. The summed E-state index contributed by atoms with van der Waals surface area (Å²) in [6.45, 7) is 1.23. The second-order valence-corrected chi connectivity index (χ2v) is 13.2. The summed E-state index contributed by atoms with van der Waals surface area (Å²) in [6, 6.07) is 26.9. The Morgan fingerprint density at radius 3 is 2.43 bits per heavy atom. The van der Waals surface area contributed by atoms with Crippen LogP contribution in [0.1, 0.15) is 47.3 Å². The number of nitrogens with zero attached hydrogens (tertiary/aromatic N) is 6. The van der Waals surface area contributed by atoms with Crippen LogP contribution in [0.4, 0.5) is 22.2 Å². The van der Waals surface area contributed by atoms with Gasteiger partial charge in [0.25, 0.3) is 0 Å². The van der Waals surface area contributed by atoms with Gasteiger partial charge >= 0.3 is 6.03 Å². The minimum Gasteiger partial charge on any atom is -0.390 e. The first kappa shape index (κ1) is 34.2. The van der Waals surface area contributed by atoms with Crippen molar-refractivity contribution in [3.05, 3.63) is 126 Å². The number of carbonyl (C=O) groups excluding carboxylic acids is 1. The highest BCUT2D eigenvalue weighted by atomic mass is 16.6. The highest BCUT2D eigenvalue weighted by Gasteiger charge is 2.47. The van der Waals surface area contributed by atoms with Crippen molar-refractivity contribution in [3.63, 3.8) is 0 Å². The molecule has 0 radical (unpaired) electrons. The van der Waals surface area contributed by atoms with Crippen LogP contribution in [0.25, 0.3) is 11.0 Å². The second kappa shape index (κ2) is 15.0. The van der Waals surface area contributed by atoms with E-state index in [1.165, 1.54) is 6.07 Å². The van der Waals surface area contributed by atoms with Gasteiger partial charge in [0.1, 0.15) is 35.5 Å². The smallest absolute Gasteiger partial charge is 0.319 e. The zero-order valence-corrected chi connectivity index (χ0v) is 28.6. The molecule has 15 heteroatoms. The number of hydrogen-bond donors (Lipinski definition) is 6. The van der Waals surface area contributed by atoms with Gasteiger partial charge in [-0.25, -0.2) is 4.79 Å². The Morgan fingerprint density at radius 2 is 1.74 bits per heavy atom. The molecule has 0 bridgehead atoms. The fourth-order valence-corrected chi connectivity index (χ4v) is 7.01. The van der Waals surface area contributed by atoms with Gasteiger partial charge in [0.2, 0.25) is 5.95 Å². The summed E-state index contributed by atoms with van der Waals surface area (Å²) in [5.74, 6) is 1.21. The monoisotopic (exact) mass is 717 g/mol. The Labute approximate surface area is 304 Å². The molecule has 15 nitrogen and oxygen atoms in total. The summed E-state index contributed by atoms with van der Waals surface area (Å²) in [5, 5.41) is 45.7. The van der Waals surface area contributed by atoms with E-state index < -0.39 is 24.5 Å². The molecule has 2 fully saturated rings. The molecule has 272 valence electrons. The Bertz CT molecular complexity index is 2110. The van der Waals surface area contributed by atoms with Crippen LogP contribution in [0.5, 0.6) is 0 Å². The third-order valence-electron chi connectivity index (χ3n) is 9.70. The number of ether oxygens (including phenoxy) is 1. The molecule has 53 heavy (non-hydrogen) atoms. The number of aromatic nitrogens is 5. The molecule has 6 aromatic rings. The molecule has 8 rings (SSSR count). The Kier molecular flexibility index (Phi) is 9.69. The van der Waals surface area contributed by atoms with Gasteiger partial charge in [-0.1, -0.05) is 65.8 Å². The van der Waals surface area contributed by atoms with Crippen LogP contribution < -0.4 is 20.9 Å². The first-order chi connectivity index (χ1) is 25.9. The highest BCUT2D eigenvalue weighted by molar-refractivity contribution is 5.90. The highest BCUT2D eigenvalue weighted by Crippen LogP contribution is 2.41. The topological polar surface area (TPSA) is 196 Å². The molecule has 2 amide bonds. The quantitative estimate of drug-likeness (QED) is 0.113. The molecule has 0 aliphatic carbocycles. The largest absolute Gasteiger partial charge is 0.390 e. The van der Waals surface area contributed by atoms with Crippen LogP contribution in [-0.2, 0) is 11.3 Å². The number of pyridine rings is 1. The molecule has 6 N–H and O–H groups in total. The van der Waals surface area contributed by atoms with E-state index in [0.29, 0.717) is 54.5 Å². The van der Waals surface area contributed by atoms with E-state index >= 15 is 0 Å². The summed E-state index contributed by atoms with van der Waals surface area (Å²) in [4.78, 5) is 28.9. The number of rotatable bonds is 11. The normalized spacial score (nSPS) is 21.4. The molecule has 2 aliphatic heterocycles. The molecule has 4 aromatic heterocycles. The minimum absolute atomic E-state index is 0.00764. The van der Waals surface area contributed by atoms with Crippen molar-refractivity contribution < 1.29 is 29.4 Å². The number of hydrogen-bond acceptors (Lipinski definition) is 12. The van der Waals surface area contributed by atoms with Crippen LogP contribution in [-0.4, -0.2) is 83.9 Å². The van der Waals surface area contributed by atoms with Gasteiger partial charge in [0.15, 0.2) is 12.0 Å². The minimum atomic E-state index is -1.34. The molecular formula is C38H39N9O6. The average molecular weight is 718 g/mol. The molecule has 2 saturated heterocycles. The Morgan fingerprint density at radius 1 is 0.962 bits per heavy atom. The molecule has 2 aromatic carbocycles. The Hall–Kier alpha value is -5.87. The van der Waals surface area contributed by atoms with Gasteiger partial charge in [0.05, 0.1) is 23.9 Å². The second-order valence-electron chi connectivity index (χ2n) is 13.2. The standard InChI is InChI=1S/C38H39N9O6/c48-22-27-18-30(53-45-27)33-31(49)32(50)36(52-33)47-17-14-28-34(40-20-29(23-8-3-1-4-9-23)24-10-5-2-6-11-24)43-37(44-35(28)47)46-16-13-26(21-46)42-38(51)41-25-12-7-15-39-19-25/h1-12,14-15,17-19,26,29,31-33,36,48-50H,13,16,20-22H2,(H,40,43,44)(H2,41,42,51)/t26-,31+,32-,33-,36-/m1/s1. The number of amides is 2. The van der Waals surface area contributed by atoms with Crippen molar-refractivity contribution in [3.8, 4) is 0 Å². The fourth-order valence-electron chi connectivity index (χ4n) is 7.01. The molecule has 0 spiro atoms. The van der Waals surface area contributed by atoms with E-state index in [1.54, 1.807) is 35.3 Å².